The smallest absolute Gasteiger partial charge is 0.351 e. The van der Waals surface area contributed by atoms with Crippen LogP contribution in [-0.4, -0.2) is 24.7 Å². The number of hydrogen-bond donors (Lipinski definition) is 3. The maximum absolute atomic E-state index is 11.9. The summed E-state index contributed by atoms with van der Waals surface area (Å²) < 4.78 is 35.6. The Morgan fingerprint density at radius 1 is 1.17 bits per heavy atom. The fraction of sp³-hybridized carbons (Fsp3) is 0.200. The van der Waals surface area contributed by atoms with E-state index in [0.29, 0.717) is 5.69 Å². The summed E-state index contributed by atoms with van der Waals surface area (Å²) in [6.45, 7) is -1.40. The van der Waals surface area contributed by atoms with Crippen molar-refractivity contribution in [3.05, 3.63) is 29.8 Å². The molecule has 1 aromatic rings. The minimum atomic E-state index is -4.46. The Morgan fingerprint density at radius 3 is 2.17 bits per heavy atom. The van der Waals surface area contributed by atoms with Gasteiger partial charge in [-0.2, -0.15) is 13.2 Å². The quantitative estimate of drug-likeness (QED) is 0.769. The van der Waals surface area contributed by atoms with Gasteiger partial charge in [0.25, 0.3) is 5.91 Å². The molecule has 1 rings (SSSR count). The van der Waals surface area contributed by atoms with Crippen molar-refractivity contribution in [1.29, 1.82) is 0 Å². The lowest BCUT2D eigenvalue weighted by molar-refractivity contribution is -0.123. The molecule has 1 aromatic carbocycles. The summed E-state index contributed by atoms with van der Waals surface area (Å²) in [5.74, 6) is -0.849. The fourth-order valence-corrected chi connectivity index (χ4v) is 1.13. The fourth-order valence-electron chi connectivity index (χ4n) is 1.13. The standard InChI is InChI=1S/C10H10F3N3O2/c11-10(12,13)5-15-8(17)6-1-3-7(4-2-6)16-9(14)18/h1-4H,5H2,(H,15,17)(H3,14,16,18). The van der Waals surface area contributed by atoms with Crippen LogP contribution in [0.15, 0.2) is 24.3 Å². The van der Waals surface area contributed by atoms with E-state index in [1.807, 2.05) is 0 Å². The first-order valence-corrected chi connectivity index (χ1v) is 4.79. The Labute approximate surface area is 100 Å². The van der Waals surface area contributed by atoms with Gasteiger partial charge in [0.2, 0.25) is 0 Å². The first-order chi connectivity index (χ1) is 8.28. The SMILES string of the molecule is NC(=O)Nc1ccc(C(=O)NCC(F)(F)F)cc1. The van der Waals surface area contributed by atoms with E-state index in [4.69, 9.17) is 5.73 Å². The predicted molar refractivity (Wildman–Crippen MR) is 58.0 cm³/mol. The van der Waals surface area contributed by atoms with Gasteiger partial charge >= 0.3 is 12.2 Å². The van der Waals surface area contributed by atoms with Crippen molar-refractivity contribution >= 4 is 17.6 Å². The van der Waals surface area contributed by atoms with E-state index in [2.05, 4.69) is 5.32 Å². The topological polar surface area (TPSA) is 84.2 Å². The van der Waals surface area contributed by atoms with E-state index in [-0.39, 0.29) is 5.56 Å². The number of anilines is 1. The Hall–Kier alpha value is -2.25. The largest absolute Gasteiger partial charge is 0.405 e. The molecular weight excluding hydrogens is 251 g/mol. The van der Waals surface area contributed by atoms with E-state index < -0.39 is 24.7 Å². The van der Waals surface area contributed by atoms with Crippen LogP contribution in [0.25, 0.3) is 0 Å². The molecule has 0 saturated carbocycles. The number of carbonyl (C=O) groups is 2. The highest BCUT2D eigenvalue weighted by atomic mass is 19.4. The number of primary amides is 1. The lowest BCUT2D eigenvalue weighted by Crippen LogP contribution is -2.33. The van der Waals surface area contributed by atoms with E-state index in [0.717, 1.165) is 0 Å². The van der Waals surface area contributed by atoms with Gasteiger partial charge in [0, 0.05) is 11.3 Å². The van der Waals surface area contributed by atoms with Crippen molar-refractivity contribution in [3.8, 4) is 0 Å². The average molecular weight is 261 g/mol. The number of alkyl halides is 3. The number of rotatable bonds is 3. The van der Waals surface area contributed by atoms with Gasteiger partial charge in [0.1, 0.15) is 6.54 Å². The van der Waals surface area contributed by atoms with Crippen LogP contribution in [0, 0.1) is 0 Å². The van der Waals surface area contributed by atoms with Crippen LogP contribution in [0.1, 0.15) is 10.4 Å². The van der Waals surface area contributed by atoms with Gasteiger partial charge in [-0.15, -0.1) is 0 Å². The number of hydrogen-bond acceptors (Lipinski definition) is 2. The zero-order valence-corrected chi connectivity index (χ0v) is 9.04. The molecule has 0 atom stereocenters. The molecule has 5 nitrogen and oxygen atoms in total. The molecule has 0 fully saturated rings. The number of carbonyl (C=O) groups excluding carboxylic acids is 2. The van der Waals surface area contributed by atoms with Gasteiger partial charge in [-0.1, -0.05) is 0 Å². The molecule has 0 radical (unpaired) electrons. The van der Waals surface area contributed by atoms with Gasteiger partial charge in [-0.05, 0) is 24.3 Å². The molecule has 3 amide bonds. The lowest BCUT2D eigenvalue weighted by atomic mass is 10.2. The molecule has 0 spiro atoms. The van der Waals surface area contributed by atoms with Gasteiger partial charge in [-0.3, -0.25) is 4.79 Å². The van der Waals surface area contributed by atoms with Gasteiger partial charge < -0.3 is 16.4 Å². The van der Waals surface area contributed by atoms with Crippen molar-refractivity contribution in [1.82, 2.24) is 5.32 Å². The molecule has 0 aliphatic rings. The highest BCUT2D eigenvalue weighted by molar-refractivity contribution is 5.95. The third-order valence-electron chi connectivity index (χ3n) is 1.86. The van der Waals surface area contributed by atoms with E-state index in [1.54, 1.807) is 5.32 Å². The van der Waals surface area contributed by atoms with E-state index in [9.17, 15) is 22.8 Å². The second-order valence-electron chi connectivity index (χ2n) is 3.36. The van der Waals surface area contributed by atoms with Crippen LogP contribution in [0.3, 0.4) is 0 Å². The monoisotopic (exact) mass is 261 g/mol. The van der Waals surface area contributed by atoms with Crippen molar-refractivity contribution in [2.75, 3.05) is 11.9 Å². The number of urea groups is 1. The normalized spacial score (nSPS) is 10.8. The van der Waals surface area contributed by atoms with Crippen LogP contribution in [-0.2, 0) is 0 Å². The number of halogens is 3. The molecule has 0 heterocycles. The Kier molecular flexibility index (Phi) is 4.13. The second-order valence-corrected chi connectivity index (χ2v) is 3.36. The zero-order chi connectivity index (χ0) is 13.8. The minimum absolute atomic E-state index is 0.0503. The molecule has 0 aliphatic heterocycles. The van der Waals surface area contributed by atoms with Gasteiger partial charge in [-0.25, -0.2) is 4.79 Å². The lowest BCUT2D eigenvalue weighted by Gasteiger charge is -2.08. The minimum Gasteiger partial charge on any atom is -0.351 e. The molecular formula is C10H10F3N3O2. The summed E-state index contributed by atoms with van der Waals surface area (Å²) in [5.41, 5.74) is 5.26. The van der Waals surface area contributed by atoms with Crippen LogP contribution in [0.4, 0.5) is 23.7 Å². The molecule has 98 valence electrons. The van der Waals surface area contributed by atoms with Crippen molar-refractivity contribution in [2.45, 2.75) is 6.18 Å². The second kappa shape index (κ2) is 5.39. The Bertz CT molecular complexity index is 443. The summed E-state index contributed by atoms with van der Waals surface area (Å²) in [6, 6.07) is 4.48. The summed E-state index contributed by atoms with van der Waals surface area (Å²) in [7, 11) is 0. The van der Waals surface area contributed by atoms with Crippen molar-refractivity contribution < 1.29 is 22.8 Å². The van der Waals surface area contributed by atoms with Crippen LogP contribution in [0.2, 0.25) is 0 Å². The number of amides is 3. The molecule has 0 unspecified atom stereocenters. The van der Waals surface area contributed by atoms with Crippen molar-refractivity contribution in [2.24, 2.45) is 5.73 Å². The van der Waals surface area contributed by atoms with E-state index in [1.165, 1.54) is 24.3 Å². The molecule has 0 aromatic heterocycles. The van der Waals surface area contributed by atoms with Crippen molar-refractivity contribution in [3.63, 3.8) is 0 Å². The molecule has 4 N–H and O–H groups in total. The molecule has 8 heteroatoms. The van der Waals surface area contributed by atoms with Crippen LogP contribution in [0.5, 0.6) is 0 Å². The Morgan fingerprint density at radius 2 is 1.72 bits per heavy atom. The number of nitrogens with two attached hydrogens (primary N) is 1. The molecule has 0 saturated heterocycles. The molecule has 0 aliphatic carbocycles. The highest BCUT2D eigenvalue weighted by Crippen LogP contribution is 2.13. The number of benzene rings is 1. The van der Waals surface area contributed by atoms with Gasteiger partial charge in [0.15, 0.2) is 0 Å². The molecule has 18 heavy (non-hydrogen) atoms. The summed E-state index contributed by atoms with van der Waals surface area (Å²) >= 11 is 0. The molecule has 0 bridgehead atoms. The zero-order valence-electron chi connectivity index (χ0n) is 9.04. The summed E-state index contributed by atoms with van der Waals surface area (Å²) in [6.07, 6.45) is -4.46. The predicted octanol–water partition coefficient (Wildman–Crippen LogP) is 1.47. The summed E-state index contributed by atoms with van der Waals surface area (Å²) in [5, 5.41) is 3.98. The maximum atomic E-state index is 11.9. The van der Waals surface area contributed by atoms with Crippen LogP contribution >= 0.6 is 0 Å². The van der Waals surface area contributed by atoms with Gasteiger partial charge in [0.05, 0.1) is 0 Å². The van der Waals surface area contributed by atoms with E-state index >= 15 is 0 Å². The highest BCUT2D eigenvalue weighted by Gasteiger charge is 2.27. The summed E-state index contributed by atoms with van der Waals surface area (Å²) in [4.78, 5) is 21.8. The first-order valence-electron chi connectivity index (χ1n) is 4.79. The third-order valence-corrected chi connectivity index (χ3v) is 1.86. The van der Waals surface area contributed by atoms with Crippen LogP contribution < -0.4 is 16.4 Å². The Balaban J connectivity index is 2.62. The maximum Gasteiger partial charge on any atom is 0.405 e. The first kappa shape index (κ1) is 13.8. The average Bonchev–Trinajstić information content (AvgIpc) is 2.25. The third kappa shape index (κ3) is 4.73. The number of nitrogens with one attached hydrogen (secondary N) is 2.